The quantitative estimate of drug-likeness (QED) is 0.477. The van der Waals surface area contributed by atoms with Crippen molar-refractivity contribution in [2.75, 3.05) is 23.3 Å². The highest BCUT2D eigenvalue weighted by atomic mass is 16.2. The number of rotatable bonds is 9. The molecule has 0 spiro atoms. The van der Waals surface area contributed by atoms with E-state index >= 15 is 0 Å². The van der Waals surface area contributed by atoms with Crippen LogP contribution < -0.4 is 10.2 Å². The zero-order chi connectivity index (χ0) is 23.3. The Balaban J connectivity index is 1.73. The number of nitrogens with one attached hydrogen (secondary N) is 1. The van der Waals surface area contributed by atoms with Crippen molar-refractivity contribution in [1.82, 2.24) is 9.80 Å². The maximum Gasteiger partial charge on any atom is 0.334 e. The first kappa shape index (κ1) is 23.0. The second kappa shape index (κ2) is 10.1. The molecule has 8 nitrogen and oxygen atoms in total. The van der Waals surface area contributed by atoms with E-state index < -0.39 is 30.3 Å². The number of hydrogen-bond acceptors (Lipinski definition) is 5. The Labute approximate surface area is 187 Å². The third-order valence-electron chi connectivity index (χ3n) is 5.16. The third kappa shape index (κ3) is 4.96. The van der Waals surface area contributed by atoms with E-state index in [0.29, 0.717) is 12.1 Å². The SMILES string of the molecule is CCCCN1C(=O)C(=O)N(CC(=O)N(c2ccc(Nc3ccccc3)cc2)C(C)C)C1=O. The molecule has 0 saturated carbocycles. The van der Waals surface area contributed by atoms with Gasteiger partial charge in [-0.05, 0) is 56.7 Å². The van der Waals surface area contributed by atoms with Crippen LogP contribution in [0.15, 0.2) is 54.6 Å². The number of amides is 5. The molecule has 1 fully saturated rings. The standard InChI is InChI=1S/C24H28N4O4/c1-4-5-15-26-22(30)23(31)27(24(26)32)16-21(29)28(17(2)3)20-13-11-19(12-14-20)25-18-9-7-6-8-10-18/h6-14,17,25H,4-5,15-16H2,1-3H3. The van der Waals surface area contributed by atoms with Crippen LogP contribution in [0.5, 0.6) is 0 Å². The summed E-state index contributed by atoms with van der Waals surface area (Å²) in [7, 11) is 0. The van der Waals surface area contributed by atoms with E-state index in [0.717, 1.165) is 27.6 Å². The van der Waals surface area contributed by atoms with Crippen molar-refractivity contribution in [2.45, 2.75) is 39.7 Å². The normalized spacial score (nSPS) is 13.8. The van der Waals surface area contributed by atoms with E-state index in [4.69, 9.17) is 0 Å². The topological polar surface area (TPSA) is 90.0 Å². The van der Waals surface area contributed by atoms with Crippen LogP contribution in [0.4, 0.5) is 21.9 Å². The van der Waals surface area contributed by atoms with Crippen LogP contribution >= 0.6 is 0 Å². The van der Waals surface area contributed by atoms with Crippen LogP contribution in [0.1, 0.15) is 33.6 Å². The minimum absolute atomic E-state index is 0.175. The van der Waals surface area contributed by atoms with Crippen LogP contribution in [0.3, 0.4) is 0 Å². The lowest BCUT2D eigenvalue weighted by molar-refractivity contribution is -0.143. The highest BCUT2D eigenvalue weighted by Crippen LogP contribution is 2.23. The number of nitrogens with zero attached hydrogens (tertiary/aromatic N) is 3. The van der Waals surface area contributed by atoms with E-state index in [9.17, 15) is 19.2 Å². The summed E-state index contributed by atoms with van der Waals surface area (Å²) in [6.07, 6.45) is 1.38. The second-order valence-electron chi connectivity index (χ2n) is 7.88. The molecule has 1 aliphatic heterocycles. The number of unbranched alkanes of at least 4 members (excludes halogenated alkanes) is 1. The molecular formula is C24H28N4O4. The maximum absolute atomic E-state index is 13.1. The first-order valence-electron chi connectivity index (χ1n) is 10.7. The van der Waals surface area contributed by atoms with E-state index in [1.807, 2.05) is 63.2 Å². The van der Waals surface area contributed by atoms with Gasteiger partial charge in [-0.3, -0.25) is 19.3 Å². The van der Waals surface area contributed by atoms with E-state index in [2.05, 4.69) is 5.32 Å². The maximum atomic E-state index is 13.1. The fourth-order valence-electron chi connectivity index (χ4n) is 3.54. The molecule has 0 aromatic heterocycles. The predicted molar refractivity (Wildman–Crippen MR) is 123 cm³/mol. The van der Waals surface area contributed by atoms with Crippen molar-refractivity contribution in [3.8, 4) is 0 Å². The number of carbonyl (C=O) groups is 4. The first-order valence-corrected chi connectivity index (χ1v) is 10.7. The van der Waals surface area contributed by atoms with Gasteiger partial charge in [-0.1, -0.05) is 31.5 Å². The summed E-state index contributed by atoms with van der Waals surface area (Å²) in [5.41, 5.74) is 2.44. The number of benzene rings is 2. The second-order valence-corrected chi connectivity index (χ2v) is 7.88. The van der Waals surface area contributed by atoms with E-state index in [1.54, 1.807) is 12.1 Å². The van der Waals surface area contributed by atoms with Crippen molar-refractivity contribution in [3.05, 3.63) is 54.6 Å². The van der Waals surface area contributed by atoms with Crippen LogP contribution in [-0.4, -0.2) is 52.7 Å². The van der Waals surface area contributed by atoms with Gasteiger partial charge in [0.2, 0.25) is 5.91 Å². The van der Waals surface area contributed by atoms with Gasteiger partial charge >= 0.3 is 17.8 Å². The van der Waals surface area contributed by atoms with Gasteiger partial charge in [-0.15, -0.1) is 0 Å². The fourth-order valence-corrected chi connectivity index (χ4v) is 3.54. The monoisotopic (exact) mass is 436 g/mol. The highest BCUT2D eigenvalue weighted by molar-refractivity contribution is 6.45. The largest absolute Gasteiger partial charge is 0.356 e. The van der Waals surface area contributed by atoms with Gasteiger partial charge in [-0.2, -0.15) is 0 Å². The summed E-state index contributed by atoms with van der Waals surface area (Å²) >= 11 is 0. The zero-order valence-electron chi connectivity index (χ0n) is 18.6. The van der Waals surface area contributed by atoms with Gasteiger partial charge in [0.15, 0.2) is 0 Å². The average Bonchev–Trinajstić information content (AvgIpc) is 2.97. The molecule has 168 valence electrons. The van der Waals surface area contributed by atoms with Gasteiger partial charge in [-0.25, -0.2) is 9.69 Å². The summed E-state index contributed by atoms with van der Waals surface area (Å²) in [4.78, 5) is 53.3. The Kier molecular flexibility index (Phi) is 7.25. The van der Waals surface area contributed by atoms with Crippen LogP contribution in [0, 0.1) is 0 Å². The third-order valence-corrected chi connectivity index (χ3v) is 5.16. The van der Waals surface area contributed by atoms with Crippen molar-refractivity contribution in [3.63, 3.8) is 0 Å². The van der Waals surface area contributed by atoms with Crippen molar-refractivity contribution in [2.24, 2.45) is 0 Å². The number of carbonyl (C=O) groups excluding carboxylic acids is 4. The van der Waals surface area contributed by atoms with Gasteiger partial charge in [0.25, 0.3) is 0 Å². The Morgan fingerprint density at radius 1 is 0.906 bits per heavy atom. The number of imide groups is 2. The van der Waals surface area contributed by atoms with Gasteiger partial charge < -0.3 is 10.2 Å². The first-order chi connectivity index (χ1) is 15.3. The van der Waals surface area contributed by atoms with Gasteiger partial charge in [0.05, 0.1) is 0 Å². The molecule has 2 aromatic rings. The number of urea groups is 1. The molecule has 5 amide bonds. The molecule has 8 heteroatoms. The van der Waals surface area contributed by atoms with Gasteiger partial charge in [0, 0.05) is 29.6 Å². The number of hydrogen-bond donors (Lipinski definition) is 1. The molecule has 0 radical (unpaired) electrons. The van der Waals surface area contributed by atoms with Crippen LogP contribution in [-0.2, 0) is 14.4 Å². The predicted octanol–water partition coefficient (Wildman–Crippen LogP) is 3.76. The molecule has 3 rings (SSSR count). The summed E-state index contributed by atoms with van der Waals surface area (Å²) < 4.78 is 0. The van der Waals surface area contributed by atoms with Crippen LogP contribution in [0.25, 0.3) is 0 Å². The van der Waals surface area contributed by atoms with E-state index in [-0.39, 0.29) is 12.6 Å². The minimum atomic E-state index is -0.953. The lowest BCUT2D eigenvalue weighted by atomic mass is 10.2. The van der Waals surface area contributed by atoms with Crippen molar-refractivity contribution < 1.29 is 19.2 Å². The lowest BCUT2D eigenvalue weighted by Gasteiger charge is -2.28. The molecule has 1 aliphatic rings. The molecular weight excluding hydrogens is 408 g/mol. The average molecular weight is 437 g/mol. The minimum Gasteiger partial charge on any atom is -0.356 e. The highest BCUT2D eigenvalue weighted by Gasteiger charge is 2.45. The molecule has 32 heavy (non-hydrogen) atoms. The van der Waals surface area contributed by atoms with Crippen molar-refractivity contribution in [1.29, 1.82) is 0 Å². The van der Waals surface area contributed by atoms with E-state index in [1.165, 1.54) is 4.90 Å². The van der Waals surface area contributed by atoms with Crippen molar-refractivity contribution >= 4 is 40.8 Å². The lowest BCUT2D eigenvalue weighted by Crippen LogP contribution is -2.46. The molecule has 0 atom stereocenters. The smallest absolute Gasteiger partial charge is 0.334 e. The Morgan fingerprint density at radius 3 is 2.09 bits per heavy atom. The molecule has 2 aromatic carbocycles. The van der Waals surface area contributed by atoms with Crippen LogP contribution in [0.2, 0.25) is 0 Å². The summed E-state index contributed by atoms with van der Waals surface area (Å²) in [6.45, 7) is 5.32. The number of anilines is 3. The Hall–Kier alpha value is -3.68. The molecule has 1 saturated heterocycles. The fraction of sp³-hybridized carbons (Fsp3) is 0.333. The zero-order valence-corrected chi connectivity index (χ0v) is 18.6. The summed E-state index contributed by atoms with van der Waals surface area (Å²) in [5.74, 6) is -2.26. The molecule has 0 unspecified atom stereocenters. The molecule has 0 bridgehead atoms. The summed E-state index contributed by atoms with van der Waals surface area (Å²) in [6, 6.07) is 16.1. The summed E-state index contributed by atoms with van der Waals surface area (Å²) in [5, 5.41) is 3.28. The van der Waals surface area contributed by atoms with Gasteiger partial charge in [0.1, 0.15) is 6.54 Å². The number of para-hydroxylation sites is 1. The molecule has 1 N–H and O–H groups in total. The molecule has 0 aliphatic carbocycles. The Morgan fingerprint density at radius 2 is 1.50 bits per heavy atom. The molecule has 1 heterocycles. The Bertz CT molecular complexity index is 989.